The first-order valence-corrected chi connectivity index (χ1v) is 6.27. The molecule has 0 spiro atoms. The monoisotopic (exact) mass is 254 g/mol. The summed E-state index contributed by atoms with van der Waals surface area (Å²) >= 11 is 0. The van der Waals surface area contributed by atoms with E-state index in [2.05, 4.69) is 9.71 Å². The number of rotatable bonds is 4. The largest absolute Gasteiger partial charge is 0.468 e. The summed E-state index contributed by atoms with van der Waals surface area (Å²) in [7, 11) is -3.82. The molecule has 2 aromatic rings. The lowest BCUT2D eigenvalue weighted by molar-refractivity contribution is 0.498. The van der Waals surface area contributed by atoms with Crippen molar-refractivity contribution in [1.82, 2.24) is 9.71 Å². The van der Waals surface area contributed by atoms with Gasteiger partial charge < -0.3 is 9.40 Å². The summed E-state index contributed by atoms with van der Waals surface area (Å²) in [4.78, 5) is 13.6. The Balaban J connectivity index is 2.20. The van der Waals surface area contributed by atoms with Crippen LogP contribution in [-0.2, 0) is 16.6 Å². The fourth-order valence-corrected chi connectivity index (χ4v) is 2.31. The Kier molecular flexibility index (Phi) is 3.12. The lowest BCUT2D eigenvalue weighted by atomic mass is 10.5. The molecule has 0 unspecified atom stereocenters. The highest BCUT2D eigenvalue weighted by atomic mass is 32.2. The fourth-order valence-electron chi connectivity index (χ4n) is 1.27. The highest BCUT2D eigenvalue weighted by Crippen LogP contribution is 2.04. The SMILES string of the molecule is O=c1cc[nH]cc1S(=O)(=O)NCc1ccco1. The van der Waals surface area contributed by atoms with Gasteiger partial charge in [0.25, 0.3) is 0 Å². The molecule has 7 heteroatoms. The summed E-state index contributed by atoms with van der Waals surface area (Å²) in [6, 6.07) is 4.44. The van der Waals surface area contributed by atoms with Crippen LogP contribution in [0.5, 0.6) is 0 Å². The van der Waals surface area contributed by atoms with Crippen LogP contribution in [0.3, 0.4) is 0 Å². The maximum atomic E-state index is 11.8. The van der Waals surface area contributed by atoms with Gasteiger partial charge >= 0.3 is 0 Å². The minimum Gasteiger partial charge on any atom is -0.468 e. The zero-order valence-corrected chi connectivity index (χ0v) is 9.53. The molecule has 90 valence electrons. The number of hydrogen-bond donors (Lipinski definition) is 2. The molecule has 0 aliphatic heterocycles. The molecular formula is C10H10N2O4S. The summed E-state index contributed by atoms with van der Waals surface area (Å²) in [6.07, 6.45) is 3.96. The van der Waals surface area contributed by atoms with Crippen molar-refractivity contribution in [2.75, 3.05) is 0 Å². The Morgan fingerprint density at radius 2 is 2.18 bits per heavy atom. The van der Waals surface area contributed by atoms with Crippen LogP contribution in [0.1, 0.15) is 5.76 Å². The van der Waals surface area contributed by atoms with Crippen molar-refractivity contribution in [3.05, 3.63) is 52.8 Å². The molecule has 0 radical (unpaired) electrons. The third-order valence-electron chi connectivity index (χ3n) is 2.09. The summed E-state index contributed by atoms with van der Waals surface area (Å²) in [5, 5.41) is 0. The molecule has 0 aromatic carbocycles. The Hall–Kier alpha value is -1.86. The molecule has 0 bridgehead atoms. The quantitative estimate of drug-likeness (QED) is 0.828. The lowest BCUT2D eigenvalue weighted by Crippen LogP contribution is -2.27. The van der Waals surface area contributed by atoms with E-state index in [0.29, 0.717) is 5.76 Å². The van der Waals surface area contributed by atoms with Crippen molar-refractivity contribution >= 4 is 10.0 Å². The van der Waals surface area contributed by atoms with E-state index in [9.17, 15) is 13.2 Å². The fraction of sp³-hybridized carbons (Fsp3) is 0.100. The highest BCUT2D eigenvalue weighted by molar-refractivity contribution is 7.89. The van der Waals surface area contributed by atoms with Gasteiger partial charge in [-0.15, -0.1) is 0 Å². The number of aromatic amines is 1. The van der Waals surface area contributed by atoms with E-state index in [-0.39, 0.29) is 11.4 Å². The van der Waals surface area contributed by atoms with E-state index in [1.165, 1.54) is 12.5 Å². The second-order valence-corrected chi connectivity index (χ2v) is 5.01. The second kappa shape index (κ2) is 4.56. The van der Waals surface area contributed by atoms with Gasteiger partial charge in [0.1, 0.15) is 10.7 Å². The van der Waals surface area contributed by atoms with E-state index in [0.717, 1.165) is 12.3 Å². The molecule has 0 saturated heterocycles. The minimum atomic E-state index is -3.82. The molecule has 2 rings (SSSR count). The van der Waals surface area contributed by atoms with Crippen LogP contribution in [0.25, 0.3) is 0 Å². The molecule has 0 fully saturated rings. The van der Waals surface area contributed by atoms with Gasteiger partial charge in [0, 0.05) is 18.5 Å². The van der Waals surface area contributed by atoms with Crippen molar-refractivity contribution in [3.8, 4) is 0 Å². The molecule has 2 N–H and O–H groups in total. The molecule has 0 saturated carbocycles. The predicted octanol–water partition coefficient (Wildman–Crippen LogP) is 0.446. The number of hydrogen-bond acceptors (Lipinski definition) is 4. The first-order chi connectivity index (χ1) is 8.09. The van der Waals surface area contributed by atoms with Crippen LogP contribution < -0.4 is 10.2 Å². The van der Waals surface area contributed by atoms with E-state index >= 15 is 0 Å². The van der Waals surface area contributed by atoms with Crippen LogP contribution in [-0.4, -0.2) is 13.4 Å². The van der Waals surface area contributed by atoms with Gasteiger partial charge in [0.05, 0.1) is 12.8 Å². The summed E-state index contributed by atoms with van der Waals surface area (Å²) in [5.74, 6) is 0.473. The number of furan rings is 1. The summed E-state index contributed by atoms with van der Waals surface area (Å²) in [5.41, 5.74) is -0.560. The number of H-pyrrole nitrogens is 1. The van der Waals surface area contributed by atoms with Crippen LogP contribution in [0, 0.1) is 0 Å². The molecule has 0 amide bonds. The van der Waals surface area contributed by atoms with Crippen LogP contribution >= 0.6 is 0 Å². The zero-order chi connectivity index (χ0) is 12.3. The van der Waals surface area contributed by atoms with Gasteiger partial charge in [0.2, 0.25) is 15.5 Å². The van der Waals surface area contributed by atoms with Crippen LogP contribution in [0.2, 0.25) is 0 Å². The van der Waals surface area contributed by atoms with Crippen molar-refractivity contribution in [2.24, 2.45) is 0 Å². The normalized spacial score (nSPS) is 11.5. The molecular weight excluding hydrogens is 244 g/mol. The topological polar surface area (TPSA) is 92.2 Å². The standard InChI is InChI=1S/C10H10N2O4S/c13-9-3-4-11-7-10(9)17(14,15)12-6-8-2-1-5-16-8/h1-5,7,12H,6H2,(H,11,13). The van der Waals surface area contributed by atoms with Crippen LogP contribution in [0.15, 0.2) is 51.0 Å². The number of pyridine rings is 1. The summed E-state index contributed by atoms with van der Waals surface area (Å²) < 4.78 is 30.8. The Labute approximate surface area is 97.3 Å². The number of aromatic nitrogens is 1. The molecule has 0 aliphatic rings. The van der Waals surface area contributed by atoms with Crippen LogP contribution in [0.4, 0.5) is 0 Å². The minimum absolute atomic E-state index is 0.00364. The maximum Gasteiger partial charge on any atom is 0.246 e. The average Bonchev–Trinajstić information content (AvgIpc) is 2.80. The van der Waals surface area contributed by atoms with Gasteiger partial charge in [-0.3, -0.25) is 4.79 Å². The second-order valence-electron chi connectivity index (χ2n) is 3.28. The smallest absolute Gasteiger partial charge is 0.246 e. The highest BCUT2D eigenvalue weighted by Gasteiger charge is 2.17. The Bertz CT molecular complexity index is 643. The first-order valence-electron chi connectivity index (χ1n) is 4.79. The first kappa shape index (κ1) is 11.6. The van der Waals surface area contributed by atoms with Crippen molar-refractivity contribution in [3.63, 3.8) is 0 Å². The molecule has 2 aromatic heterocycles. The number of nitrogens with one attached hydrogen (secondary N) is 2. The zero-order valence-electron chi connectivity index (χ0n) is 8.71. The lowest BCUT2D eigenvalue weighted by Gasteiger charge is -2.03. The van der Waals surface area contributed by atoms with E-state index in [4.69, 9.17) is 4.42 Å². The molecule has 0 atom stereocenters. The maximum absolute atomic E-state index is 11.8. The average molecular weight is 254 g/mol. The predicted molar refractivity (Wildman–Crippen MR) is 59.8 cm³/mol. The Morgan fingerprint density at radius 1 is 1.35 bits per heavy atom. The molecule has 17 heavy (non-hydrogen) atoms. The Morgan fingerprint density at radius 3 is 2.82 bits per heavy atom. The van der Waals surface area contributed by atoms with Crippen molar-refractivity contribution in [2.45, 2.75) is 11.4 Å². The van der Waals surface area contributed by atoms with Gasteiger partial charge in [-0.2, -0.15) is 0 Å². The third-order valence-corrected chi connectivity index (χ3v) is 3.52. The van der Waals surface area contributed by atoms with E-state index in [1.807, 2.05) is 0 Å². The van der Waals surface area contributed by atoms with Gasteiger partial charge in [-0.25, -0.2) is 13.1 Å². The summed E-state index contributed by atoms with van der Waals surface area (Å²) in [6.45, 7) is 0.00364. The van der Waals surface area contributed by atoms with Crippen molar-refractivity contribution < 1.29 is 12.8 Å². The van der Waals surface area contributed by atoms with Gasteiger partial charge in [-0.1, -0.05) is 0 Å². The van der Waals surface area contributed by atoms with E-state index < -0.39 is 15.5 Å². The molecule has 6 nitrogen and oxygen atoms in total. The van der Waals surface area contributed by atoms with Crippen molar-refractivity contribution in [1.29, 1.82) is 0 Å². The van der Waals surface area contributed by atoms with Gasteiger partial charge in [-0.05, 0) is 12.1 Å². The van der Waals surface area contributed by atoms with E-state index in [1.54, 1.807) is 12.1 Å². The molecule has 0 aliphatic carbocycles. The number of sulfonamides is 1. The molecule has 2 heterocycles. The van der Waals surface area contributed by atoms with Gasteiger partial charge in [0.15, 0.2) is 0 Å². The third kappa shape index (κ3) is 2.63.